The second-order valence-corrected chi connectivity index (χ2v) is 10.4. The maximum absolute atomic E-state index is 6.18. The highest BCUT2D eigenvalue weighted by Crippen LogP contribution is 2.21. The Hall–Kier alpha value is -0.343. The van der Waals surface area contributed by atoms with Gasteiger partial charge in [-0.3, -0.25) is 0 Å². The van der Waals surface area contributed by atoms with E-state index in [1.807, 2.05) is 0 Å². The molecule has 2 atom stereocenters. The van der Waals surface area contributed by atoms with Crippen LogP contribution in [0.25, 0.3) is 0 Å². The summed E-state index contributed by atoms with van der Waals surface area (Å²) >= 11 is 0. The Labute approximate surface area is 103 Å². The van der Waals surface area contributed by atoms with E-state index in [9.17, 15) is 0 Å². The van der Waals surface area contributed by atoms with E-state index in [1.165, 1.54) is 0 Å². The van der Waals surface area contributed by atoms with E-state index in [2.05, 4.69) is 66.1 Å². The maximum atomic E-state index is 6.18. The lowest BCUT2D eigenvalue weighted by molar-refractivity contribution is 0.192. The molecule has 2 unspecified atom stereocenters. The standard InChI is InChI=1S/C14H28OSi/c1-11(2)9-10-13(5)14(12(3)4)15-16(6,7)8/h9-11,13-14H,3H2,1-2,4-8H3/b10-9+. The molecule has 0 amide bonds. The number of hydrogen-bond acceptors (Lipinski definition) is 1. The van der Waals surface area contributed by atoms with Crippen molar-refractivity contribution in [3.05, 3.63) is 24.3 Å². The number of rotatable bonds is 6. The Kier molecular flexibility index (Phi) is 6.27. The van der Waals surface area contributed by atoms with Gasteiger partial charge in [-0.1, -0.05) is 45.1 Å². The van der Waals surface area contributed by atoms with E-state index < -0.39 is 8.32 Å². The van der Waals surface area contributed by atoms with Crippen LogP contribution in [0.15, 0.2) is 24.3 Å². The first-order valence-corrected chi connectivity index (χ1v) is 9.56. The lowest BCUT2D eigenvalue weighted by atomic mass is 9.98. The van der Waals surface area contributed by atoms with Crippen molar-refractivity contribution < 1.29 is 4.43 Å². The summed E-state index contributed by atoms with van der Waals surface area (Å²) < 4.78 is 6.18. The van der Waals surface area contributed by atoms with Gasteiger partial charge in [-0.25, -0.2) is 0 Å². The minimum atomic E-state index is -1.50. The predicted octanol–water partition coefficient (Wildman–Crippen LogP) is 4.63. The van der Waals surface area contributed by atoms with Crippen LogP contribution in [-0.4, -0.2) is 14.4 Å². The highest BCUT2D eigenvalue weighted by Gasteiger charge is 2.24. The highest BCUT2D eigenvalue weighted by atomic mass is 28.4. The minimum absolute atomic E-state index is 0.168. The van der Waals surface area contributed by atoms with Crippen LogP contribution in [0.2, 0.25) is 19.6 Å². The van der Waals surface area contributed by atoms with Crippen molar-refractivity contribution in [1.82, 2.24) is 0 Å². The molecule has 0 saturated heterocycles. The van der Waals surface area contributed by atoms with Crippen molar-refractivity contribution in [3.63, 3.8) is 0 Å². The van der Waals surface area contributed by atoms with Gasteiger partial charge in [0.05, 0.1) is 6.10 Å². The summed E-state index contributed by atoms with van der Waals surface area (Å²) in [5.74, 6) is 1.01. The molecule has 0 spiro atoms. The Bertz CT molecular complexity index is 248. The smallest absolute Gasteiger partial charge is 0.184 e. The molecule has 0 aromatic heterocycles. The highest BCUT2D eigenvalue weighted by molar-refractivity contribution is 6.69. The summed E-state index contributed by atoms with van der Waals surface area (Å²) in [4.78, 5) is 0. The summed E-state index contributed by atoms with van der Waals surface area (Å²) in [6, 6.07) is 0. The SMILES string of the molecule is C=C(C)C(O[Si](C)(C)C)C(C)/C=C/C(C)C. The first-order valence-electron chi connectivity index (χ1n) is 6.15. The van der Waals surface area contributed by atoms with Crippen LogP contribution >= 0.6 is 0 Å². The monoisotopic (exact) mass is 240 g/mol. The van der Waals surface area contributed by atoms with E-state index in [4.69, 9.17) is 4.43 Å². The maximum Gasteiger partial charge on any atom is 0.184 e. The molecule has 0 aliphatic heterocycles. The Balaban J connectivity index is 4.60. The van der Waals surface area contributed by atoms with Gasteiger partial charge >= 0.3 is 0 Å². The first kappa shape index (κ1) is 15.7. The zero-order chi connectivity index (χ0) is 12.9. The minimum Gasteiger partial charge on any atom is -0.411 e. The number of allylic oxidation sites excluding steroid dienone is 1. The summed E-state index contributed by atoms with van der Waals surface area (Å²) in [5.41, 5.74) is 1.13. The number of hydrogen-bond donors (Lipinski definition) is 0. The average Bonchev–Trinajstić information content (AvgIpc) is 2.08. The van der Waals surface area contributed by atoms with E-state index in [-0.39, 0.29) is 6.10 Å². The topological polar surface area (TPSA) is 9.23 Å². The van der Waals surface area contributed by atoms with Gasteiger partial charge < -0.3 is 4.43 Å². The molecule has 16 heavy (non-hydrogen) atoms. The summed E-state index contributed by atoms with van der Waals surface area (Å²) in [7, 11) is -1.50. The molecule has 0 rings (SSSR count). The quantitative estimate of drug-likeness (QED) is 0.486. The normalized spacial score (nSPS) is 16.8. The summed E-state index contributed by atoms with van der Waals surface area (Å²) in [6.45, 7) is 19.4. The fourth-order valence-corrected chi connectivity index (χ4v) is 2.71. The molecular weight excluding hydrogens is 212 g/mol. The van der Waals surface area contributed by atoms with Crippen molar-refractivity contribution in [3.8, 4) is 0 Å². The van der Waals surface area contributed by atoms with Crippen molar-refractivity contribution in [2.24, 2.45) is 11.8 Å². The fourth-order valence-electron chi connectivity index (χ4n) is 1.54. The second-order valence-electron chi connectivity index (χ2n) is 5.99. The average molecular weight is 240 g/mol. The largest absolute Gasteiger partial charge is 0.411 e. The van der Waals surface area contributed by atoms with Crippen LogP contribution in [0.3, 0.4) is 0 Å². The van der Waals surface area contributed by atoms with Crippen LogP contribution in [0.5, 0.6) is 0 Å². The summed E-state index contributed by atoms with van der Waals surface area (Å²) in [5, 5.41) is 0. The van der Waals surface area contributed by atoms with E-state index >= 15 is 0 Å². The lowest BCUT2D eigenvalue weighted by Crippen LogP contribution is -2.35. The molecule has 2 heteroatoms. The molecule has 0 heterocycles. The Morgan fingerprint density at radius 3 is 1.94 bits per heavy atom. The van der Waals surface area contributed by atoms with Crippen LogP contribution in [0.1, 0.15) is 27.7 Å². The van der Waals surface area contributed by atoms with Crippen LogP contribution in [-0.2, 0) is 4.43 Å². The third-order valence-corrected chi connectivity index (χ3v) is 3.20. The lowest BCUT2D eigenvalue weighted by Gasteiger charge is -2.30. The molecule has 0 aliphatic carbocycles. The van der Waals surface area contributed by atoms with Gasteiger partial charge in [-0.15, -0.1) is 0 Å². The Morgan fingerprint density at radius 1 is 1.12 bits per heavy atom. The molecule has 0 aliphatic rings. The van der Waals surface area contributed by atoms with E-state index in [1.54, 1.807) is 0 Å². The third kappa shape index (κ3) is 7.02. The zero-order valence-electron chi connectivity index (χ0n) is 12.0. The molecule has 0 N–H and O–H groups in total. The van der Waals surface area contributed by atoms with Gasteiger partial charge in [0.25, 0.3) is 0 Å². The molecule has 0 saturated carbocycles. The molecule has 0 radical (unpaired) electrons. The van der Waals surface area contributed by atoms with Gasteiger partial charge in [0.15, 0.2) is 8.32 Å². The van der Waals surface area contributed by atoms with Gasteiger partial charge in [-0.05, 0) is 32.5 Å². The van der Waals surface area contributed by atoms with Crippen molar-refractivity contribution >= 4 is 8.32 Å². The molecule has 0 aromatic carbocycles. The summed E-state index contributed by atoms with van der Waals surface area (Å²) in [6.07, 6.45) is 4.67. The molecular formula is C14H28OSi. The van der Waals surface area contributed by atoms with Crippen LogP contribution in [0.4, 0.5) is 0 Å². The zero-order valence-corrected chi connectivity index (χ0v) is 13.0. The van der Waals surface area contributed by atoms with Crippen molar-refractivity contribution in [2.75, 3.05) is 0 Å². The fraction of sp³-hybridized carbons (Fsp3) is 0.714. The molecule has 0 aromatic rings. The van der Waals surface area contributed by atoms with Gasteiger partial charge in [0.1, 0.15) is 0 Å². The predicted molar refractivity (Wildman–Crippen MR) is 76.2 cm³/mol. The Morgan fingerprint density at radius 2 is 1.62 bits per heavy atom. The van der Waals surface area contributed by atoms with Gasteiger partial charge in [-0.2, -0.15) is 0 Å². The van der Waals surface area contributed by atoms with Crippen molar-refractivity contribution in [2.45, 2.75) is 53.4 Å². The van der Waals surface area contributed by atoms with Crippen LogP contribution < -0.4 is 0 Å². The molecule has 1 nitrogen and oxygen atoms in total. The second kappa shape index (κ2) is 6.41. The molecule has 0 bridgehead atoms. The molecule has 94 valence electrons. The van der Waals surface area contributed by atoms with Crippen molar-refractivity contribution in [1.29, 1.82) is 0 Å². The van der Waals surface area contributed by atoms with Gasteiger partial charge in [0.2, 0.25) is 0 Å². The third-order valence-electron chi connectivity index (χ3n) is 2.24. The van der Waals surface area contributed by atoms with Gasteiger partial charge in [0, 0.05) is 5.92 Å². The first-order chi connectivity index (χ1) is 7.13. The van der Waals surface area contributed by atoms with Crippen LogP contribution in [0, 0.1) is 11.8 Å². The van der Waals surface area contributed by atoms with E-state index in [0.717, 1.165) is 5.57 Å². The van der Waals surface area contributed by atoms with E-state index in [0.29, 0.717) is 11.8 Å². The molecule has 0 fully saturated rings.